The van der Waals surface area contributed by atoms with E-state index >= 15 is 0 Å². The van der Waals surface area contributed by atoms with Crippen LogP contribution in [0.2, 0.25) is 0 Å². The molecular weight excluding hydrogens is 198 g/mol. The molecule has 1 saturated heterocycles. The van der Waals surface area contributed by atoms with Crippen molar-refractivity contribution in [1.29, 1.82) is 0 Å². The van der Waals surface area contributed by atoms with Gasteiger partial charge in [0.1, 0.15) is 0 Å². The summed E-state index contributed by atoms with van der Waals surface area (Å²) >= 11 is 1.76. The van der Waals surface area contributed by atoms with E-state index in [9.17, 15) is 5.11 Å². The molecule has 3 N–H and O–H groups in total. The van der Waals surface area contributed by atoms with Gasteiger partial charge in [0, 0.05) is 18.6 Å². The first-order valence-electron chi connectivity index (χ1n) is 5.20. The van der Waals surface area contributed by atoms with Gasteiger partial charge in [-0.3, -0.25) is 0 Å². The van der Waals surface area contributed by atoms with Gasteiger partial charge in [-0.25, -0.2) is 0 Å². The summed E-state index contributed by atoms with van der Waals surface area (Å²) in [5.74, 6) is 0.989. The van der Waals surface area contributed by atoms with Crippen molar-refractivity contribution in [1.82, 2.24) is 0 Å². The van der Waals surface area contributed by atoms with Gasteiger partial charge in [-0.1, -0.05) is 0 Å². The Hall–Kier alpha value is 0.230. The minimum absolute atomic E-state index is 0.173. The molecule has 3 nitrogen and oxygen atoms in total. The van der Waals surface area contributed by atoms with E-state index in [4.69, 9.17) is 10.5 Å². The fraction of sp³-hybridized carbons (Fsp3) is 1.00. The van der Waals surface area contributed by atoms with Crippen molar-refractivity contribution in [3.63, 3.8) is 0 Å². The van der Waals surface area contributed by atoms with Gasteiger partial charge in [0.05, 0.1) is 12.7 Å². The van der Waals surface area contributed by atoms with Gasteiger partial charge in [-0.05, 0) is 31.3 Å². The van der Waals surface area contributed by atoms with Crippen LogP contribution >= 0.6 is 11.8 Å². The van der Waals surface area contributed by atoms with Crippen LogP contribution in [-0.4, -0.2) is 43.0 Å². The topological polar surface area (TPSA) is 55.5 Å². The van der Waals surface area contributed by atoms with Crippen molar-refractivity contribution in [2.24, 2.45) is 11.1 Å². The summed E-state index contributed by atoms with van der Waals surface area (Å²) in [5.41, 5.74) is 5.59. The molecule has 0 aromatic heterocycles. The predicted octanol–water partition coefficient (Wildman–Crippen LogP) is 0.856. The number of ether oxygens (including phenoxy) is 1. The van der Waals surface area contributed by atoms with Crippen LogP contribution in [0.25, 0.3) is 0 Å². The molecule has 0 aromatic carbocycles. The van der Waals surface area contributed by atoms with Gasteiger partial charge in [0.2, 0.25) is 0 Å². The Morgan fingerprint density at radius 2 is 2.43 bits per heavy atom. The van der Waals surface area contributed by atoms with E-state index < -0.39 is 0 Å². The van der Waals surface area contributed by atoms with Crippen molar-refractivity contribution in [2.75, 3.05) is 31.8 Å². The predicted molar refractivity (Wildman–Crippen MR) is 60.5 cm³/mol. The maximum Gasteiger partial charge on any atom is 0.0638 e. The molecule has 0 aromatic rings. The quantitative estimate of drug-likeness (QED) is 0.720. The summed E-state index contributed by atoms with van der Waals surface area (Å²) in [4.78, 5) is 0. The number of hydrogen-bond acceptors (Lipinski definition) is 4. The third kappa shape index (κ3) is 2.86. The second-order valence-electron chi connectivity index (χ2n) is 4.02. The Bertz CT molecular complexity index is 160. The van der Waals surface area contributed by atoms with Crippen LogP contribution in [0.15, 0.2) is 0 Å². The third-order valence-electron chi connectivity index (χ3n) is 3.06. The molecule has 0 amide bonds. The highest BCUT2D eigenvalue weighted by molar-refractivity contribution is 7.98. The van der Waals surface area contributed by atoms with Crippen LogP contribution in [-0.2, 0) is 4.74 Å². The Labute approximate surface area is 90.4 Å². The van der Waals surface area contributed by atoms with Crippen LogP contribution in [0.4, 0.5) is 0 Å². The lowest BCUT2D eigenvalue weighted by atomic mass is 9.76. The Morgan fingerprint density at radius 1 is 1.64 bits per heavy atom. The highest BCUT2D eigenvalue weighted by Gasteiger charge is 2.38. The molecule has 0 saturated carbocycles. The second-order valence-corrected chi connectivity index (χ2v) is 5.01. The molecule has 84 valence electrons. The SMILES string of the molecule is CSCCC(O)C1(CN)CCCOC1. The smallest absolute Gasteiger partial charge is 0.0638 e. The Morgan fingerprint density at radius 3 is 2.93 bits per heavy atom. The van der Waals surface area contributed by atoms with E-state index in [0.29, 0.717) is 13.2 Å². The average Bonchev–Trinajstić information content (AvgIpc) is 2.26. The largest absolute Gasteiger partial charge is 0.392 e. The average molecular weight is 219 g/mol. The van der Waals surface area contributed by atoms with Crippen molar-refractivity contribution >= 4 is 11.8 Å². The first kappa shape index (κ1) is 12.3. The first-order valence-corrected chi connectivity index (χ1v) is 6.59. The molecular formula is C10H21NO2S. The summed E-state index contributed by atoms with van der Waals surface area (Å²) in [6.07, 6.45) is 4.59. The summed E-state index contributed by atoms with van der Waals surface area (Å²) in [6.45, 7) is 1.97. The van der Waals surface area contributed by atoms with Gasteiger partial charge in [-0.15, -0.1) is 0 Å². The molecule has 2 unspecified atom stereocenters. The number of hydrogen-bond donors (Lipinski definition) is 2. The molecule has 0 bridgehead atoms. The zero-order valence-corrected chi connectivity index (χ0v) is 9.68. The van der Waals surface area contributed by atoms with Crippen LogP contribution in [0, 0.1) is 5.41 Å². The fourth-order valence-electron chi connectivity index (χ4n) is 1.97. The van der Waals surface area contributed by atoms with Crippen molar-refractivity contribution in [3.05, 3.63) is 0 Å². The molecule has 0 spiro atoms. The number of thioether (sulfide) groups is 1. The van der Waals surface area contributed by atoms with Gasteiger partial charge < -0.3 is 15.6 Å². The lowest BCUT2D eigenvalue weighted by Crippen LogP contribution is -2.48. The second kappa shape index (κ2) is 5.95. The molecule has 2 atom stereocenters. The summed E-state index contributed by atoms with van der Waals surface area (Å²) in [5, 5.41) is 10.1. The molecule has 1 fully saturated rings. The fourth-order valence-corrected chi connectivity index (χ4v) is 2.43. The molecule has 0 aliphatic carbocycles. The highest BCUT2D eigenvalue weighted by Crippen LogP contribution is 2.33. The molecule has 1 aliphatic heterocycles. The maximum atomic E-state index is 10.1. The van der Waals surface area contributed by atoms with Crippen LogP contribution in [0.3, 0.4) is 0 Å². The molecule has 14 heavy (non-hydrogen) atoms. The lowest BCUT2D eigenvalue weighted by molar-refractivity contribution is -0.0767. The normalized spacial score (nSPS) is 30.2. The number of nitrogens with two attached hydrogens (primary N) is 1. The highest BCUT2D eigenvalue weighted by atomic mass is 32.2. The van der Waals surface area contributed by atoms with Gasteiger partial charge in [0.25, 0.3) is 0 Å². The minimum atomic E-state index is -0.305. The molecule has 4 heteroatoms. The zero-order chi connectivity index (χ0) is 10.4. The lowest BCUT2D eigenvalue weighted by Gasteiger charge is -2.39. The molecule has 1 rings (SSSR count). The van der Waals surface area contributed by atoms with Crippen LogP contribution in [0.5, 0.6) is 0 Å². The molecule has 0 radical (unpaired) electrons. The maximum absolute atomic E-state index is 10.1. The number of aliphatic hydroxyl groups excluding tert-OH is 1. The number of rotatable bonds is 5. The van der Waals surface area contributed by atoms with E-state index in [2.05, 4.69) is 6.26 Å². The van der Waals surface area contributed by atoms with Crippen molar-refractivity contribution in [2.45, 2.75) is 25.4 Å². The monoisotopic (exact) mass is 219 g/mol. The van der Waals surface area contributed by atoms with Gasteiger partial charge >= 0.3 is 0 Å². The van der Waals surface area contributed by atoms with E-state index in [1.54, 1.807) is 11.8 Å². The van der Waals surface area contributed by atoms with Gasteiger partial charge in [0.15, 0.2) is 0 Å². The van der Waals surface area contributed by atoms with E-state index in [0.717, 1.165) is 31.6 Å². The molecule has 1 aliphatic rings. The Kier molecular flexibility index (Phi) is 5.23. The zero-order valence-electron chi connectivity index (χ0n) is 8.87. The summed E-state index contributed by atoms with van der Waals surface area (Å²) < 4.78 is 5.43. The van der Waals surface area contributed by atoms with E-state index in [1.165, 1.54) is 0 Å². The molecule has 1 heterocycles. The van der Waals surface area contributed by atoms with E-state index in [1.807, 2.05) is 0 Å². The number of aliphatic hydroxyl groups is 1. The van der Waals surface area contributed by atoms with Crippen LogP contribution in [0.1, 0.15) is 19.3 Å². The van der Waals surface area contributed by atoms with Crippen molar-refractivity contribution < 1.29 is 9.84 Å². The summed E-state index contributed by atoms with van der Waals surface area (Å²) in [7, 11) is 0. The van der Waals surface area contributed by atoms with Crippen molar-refractivity contribution in [3.8, 4) is 0 Å². The van der Waals surface area contributed by atoms with Gasteiger partial charge in [-0.2, -0.15) is 11.8 Å². The minimum Gasteiger partial charge on any atom is -0.392 e. The standard InChI is InChI=1S/C10H21NO2S/c1-14-6-3-9(12)10(7-11)4-2-5-13-8-10/h9,12H,2-8,11H2,1H3. The first-order chi connectivity index (χ1) is 6.75. The van der Waals surface area contributed by atoms with Crippen LogP contribution < -0.4 is 5.73 Å². The summed E-state index contributed by atoms with van der Waals surface area (Å²) in [6, 6.07) is 0. The van der Waals surface area contributed by atoms with E-state index in [-0.39, 0.29) is 11.5 Å². The third-order valence-corrected chi connectivity index (χ3v) is 3.71. The Balaban J connectivity index is 2.48.